The molecule has 0 atom stereocenters. The van der Waals surface area contributed by atoms with Crippen LogP contribution in [0, 0.1) is 0 Å². The largest absolute Gasteiger partial charge is 0.424 e. The van der Waals surface area contributed by atoms with E-state index in [1.165, 1.54) is 4.40 Å². The van der Waals surface area contributed by atoms with Gasteiger partial charge in [0, 0.05) is 13.1 Å². The van der Waals surface area contributed by atoms with Crippen LogP contribution in [-0.2, 0) is 0 Å². The number of rotatable bonds is 5. The summed E-state index contributed by atoms with van der Waals surface area (Å²) < 4.78 is 7.14. The van der Waals surface area contributed by atoms with E-state index in [1.54, 1.807) is 0 Å². The first-order valence-corrected chi connectivity index (χ1v) is 8.49. The third kappa shape index (κ3) is 2.65. The number of hydrogen-bond donors (Lipinski definition) is 3. The molecule has 0 fully saturated rings. The van der Waals surface area contributed by atoms with Gasteiger partial charge in [-0.15, -0.1) is 5.10 Å². The number of aromatic nitrogens is 5. The lowest BCUT2D eigenvalue weighted by Crippen LogP contribution is -2.16. The molecule has 0 spiro atoms. The molecule has 2 aromatic carbocycles. The highest BCUT2D eigenvalue weighted by molar-refractivity contribution is 5.82. The topological polar surface area (TPSA) is 113 Å². The zero-order valence-corrected chi connectivity index (χ0v) is 14.1. The Morgan fingerprint density at radius 3 is 2.63 bits per heavy atom. The highest BCUT2D eigenvalue weighted by atomic mass is 16.4. The zero-order chi connectivity index (χ0) is 18.2. The van der Waals surface area contributed by atoms with Crippen LogP contribution < -0.4 is 16.3 Å². The second-order valence-electron chi connectivity index (χ2n) is 5.98. The minimum Gasteiger partial charge on any atom is -0.424 e. The second kappa shape index (κ2) is 6.13. The van der Waals surface area contributed by atoms with E-state index < -0.39 is 0 Å². The molecule has 0 radical (unpaired) electrons. The number of aromatic amines is 1. The predicted molar refractivity (Wildman–Crippen MR) is 102 cm³/mol. The van der Waals surface area contributed by atoms with Crippen molar-refractivity contribution in [2.75, 3.05) is 23.7 Å². The fraction of sp³-hybridized carbons (Fsp3) is 0.111. The maximum absolute atomic E-state index is 12.1. The van der Waals surface area contributed by atoms with Gasteiger partial charge in [0.15, 0.2) is 11.4 Å². The van der Waals surface area contributed by atoms with Crippen LogP contribution in [-0.4, -0.2) is 37.7 Å². The molecule has 0 aliphatic heterocycles. The summed E-state index contributed by atoms with van der Waals surface area (Å²) in [5, 5.41) is 12.9. The minimum absolute atomic E-state index is 0.295. The van der Waals surface area contributed by atoms with Crippen molar-refractivity contribution < 1.29 is 4.42 Å². The van der Waals surface area contributed by atoms with Crippen LogP contribution in [0.25, 0.3) is 27.8 Å². The quantitative estimate of drug-likeness (QED) is 0.411. The monoisotopic (exact) mass is 361 g/mol. The standard InChI is InChI=1S/C18H15N7O2/c26-18-24-23-16-15(21-11-5-1-3-7-13(11)25(16)18)19-9-10-20-17-22-12-6-2-4-8-14(12)27-17/h1-8H,9-10H2,(H,19,21)(H,20,22)(H,24,26). The summed E-state index contributed by atoms with van der Waals surface area (Å²) in [7, 11) is 0. The SMILES string of the molecule is O=c1[nH]nc2c(NCCNc3nc4ccccc4o3)nc3ccccc3n12. The molecule has 0 unspecified atom stereocenters. The molecule has 0 amide bonds. The van der Waals surface area contributed by atoms with Crippen molar-refractivity contribution in [2.24, 2.45) is 0 Å². The number of para-hydroxylation sites is 4. The Balaban J connectivity index is 1.36. The van der Waals surface area contributed by atoms with Gasteiger partial charge in [0.2, 0.25) is 5.65 Å². The van der Waals surface area contributed by atoms with Crippen LogP contribution in [0.5, 0.6) is 0 Å². The number of anilines is 2. The molecular weight excluding hydrogens is 346 g/mol. The first-order chi connectivity index (χ1) is 13.3. The Bertz CT molecular complexity index is 1280. The van der Waals surface area contributed by atoms with Crippen LogP contribution in [0.15, 0.2) is 57.7 Å². The Hall–Kier alpha value is -3.88. The smallest absolute Gasteiger partial charge is 0.348 e. The molecule has 5 rings (SSSR count). The number of hydrogen-bond acceptors (Lipinski definition) is 7. The van der Waals surface area contributed by atoms with E-state index in [0.717, 1.165) is 11.1 Å². The first kappa shape index (κ1) is 15.4. The predicted octanol–water partition coefficient (Wildman–Crippen LogP) is 2.24. The van der Waals surface area contributed by atoms with E-state index in [9.17, 15) is 4.79 Å². The molecule has 0 aliphatic rings. The summed E-state index contributed by atoms with van der Waals surface area (Å²) in [6.45, 7) is 1.10. The van der Waals surface area contributed by atoms with Gasteiger partial charge in [-0.05, 0) is 24.3 Å². The molecule has 3 N–H and O–H groups in total. The maximum atomic E-state index is 12.1. The van der Waals surface area contributed by atoms with Gasteiger partial charge in [0.1, 0.15) is 5.52 Å². The average Bonchev–Trinajstić information content (AvgIpc) is 3.29. The molecule has 5 aromatic rings. The van der Waals surface area contributed by atoms with Gasteiger partial charge < -0.3 is 15.1 Å². The van der Waals surface area contributed by atoms with E-state index in [-0.39, 0.29) is 5.69 Å². The summed E-state index contributed by atoms with van der Waals surface area (Å²) in [5.74, 6) is 0.534. The van der Waals surface area contributed by atoms with Gasteiger partial charge in [-0.2, -0.15) is 4.98 Å². The molecule has 27 heavy (non-hydrogen) atoms. The Morgan fingerprint density at radius 2 is 1.74 bits per heavy atom. The lowest BCUT2D eigenvalue weighted by atomic mass is 10.3. The fourth-order valence-electron chi connectivity index (χ4n) is 3.01. The summed E-state index contributed by atoms with van der Waals surface area (Å²) in [4.78, 5) is 21.0. The van der Waals surface area contributed by atoms with Crippen molar-refractivity contribution in [3.63, 3.8) is 0 Å². The van der Waals surface area contributed by atoms with Gasteiger partial charge in [0.05, 0.1) is 11.0 Å². The molecule has 0 aliphatic carbocycles. The number of fused-ring (bicyclic) bond motifs is 4. The van der Waals surface area contributed by atoms with Gasteiger partial charge >= 0.3 is 5.69 Å². The van der Waals surface area contributed by atoms with Crippen molar-refractivity contribution in [3.05, 3.63) is 59.0 Å². The van der Waals surface area contributed by atoms with Crippen LogP contribution in [0.3, 0.4) is 0 Å². The van der Waals surface area contributed by atoms with Crippen LogP contribution in [0.2, 0.25) is 0 Å². The number of oxazole rings is 1. The third-order valence-corrected chi connectivity index (χ3v) is 4.23. The van der Waals surface area contributed by atoms with Crippen molar-refractivity contribution in [2.45, 2.75) is 0 Å². The van der Waals surface area contributed by atoms with Crippen LogP contribution >= 0.6 is 0 Å². The number of nitrogens with zero attached hydrogens (tertiary/aromatic N) is 4. The lowest BCUT2D eigenvalue weighted by molar-refractivity contribution is 0.615. The van der Waals surface area contributed by atoms with Crippen LogP contribution in [0.4, 0.5) is 11.8 Å². The summed E-state index contributed by atoms with van der Waals surface area (Å²) >= 11 is 0. The molecule has 3 aromatic heterocycles. The van der Waals surface area contributed by atoms with E-state index in [0.29, 0.717) is 41.6 Å². The van der Waals surface area contributed by atoms with E-state index in [4.69, 9.17) is 4.42 Å². The average molecular weight is 361 g/mol. The molecule has 3 heterocycles. The molecule has 0 saturated heterocycles. The number of benzene rings is 2. The third-order valence-electron chi connectivity index (χ3n) is 4.23. The van der Waals surface area contributed by atoms with E-state index >= 15 is 0 Å². The lowest BCUT2D eigenvalue weighted by Gasteiger charge is -2.08. The molecule has 134 valence electrons. The van der Waals surface area contributed by atoms with Crippen LogP contribution in [0.1, 0.15) is 0 Å². The highest BCUT2D eigenvalue weighted by Crippen LogP contribution is 2.19. The number of H-pyrrole nitrogens is 1. The Kier molecular flexibility index (Phi) is 3.49. The minimum atomic E-state index is -0.295. The van der Waals surface area contributed by atoms with Gasteiger partial charge in [-0.3, -0.25) is 0 Å². The van der Waals surface area contributed by atoms with Gasteiger partial charge in [-0.1, -0.05) is 24.3 Å². The normalized spacial score (nSPS) is 11.4. The summed E-state index contributed by atoms with van der Waals surface area (Å²) in [6, 6.07) is 15.5. The molecule has 0 bridgehead atoms. The number of nitrogens with one attached hydrogen (secondary N) is 3. The Labute approximate surface area is 152 Å². The maximum Gasteiger partial charge on any atom is 0.348 e. The van der Waals surface area contributed by atoms with Crippen molar-refractivity contribution >= 4 is 39.6 Å². The molecule has 9 nitrogen and oxygen atoms in total. The van der Waals surface area contributed by atoms with E-state index in [2.05, 4.69) is 30.8 Å². The fourth-order valence-corrected chi connectivity index (χ4v) is 3.01. The van der Waals surface area contributed by atoms with Gasteiger partial charge in [0.25, 0.3) is 6.01 Å². The summed E-state index contributed by atoms with van der Waals surface area (Å²) in [6.07, 6.45) is 0. The van der Waals surface area contributed by atoms with Crippen molar-refractivity contribution in [1.82, 2.24) is 24.6 Å². The van der Waals surface area contributed by atoms with Crippen molar-refractivity contribution in [3.8, 4) is 0 Å². The zero-order valence-electron chi connectivity index (χ0n) is 14.1. The molecule has 0 saturated carbocycles. The van der Waals surface area contributed by atoms with Crippen molar-refractivity contribution in [1.29, 1.82) is 0 Å². The first-order valence-electron chi connectivity index (χ1n) is 8.49. The van der Waals surface area contributed by atoms with Gasteiger partial charge in [-0.25, -0.2) is 19.3 Å². The van der Waals surface area contributed by atoms with E-state index in [1.807, 2.05) is 48.5 Å². The molecular formula is C18H15N7O2. The highest BCUT2D eigenvalue weighted by Gasteiger charge is 2.12. The molecule has 9 heteroatoms. The Morgan fingerprint density at radius 1 is 0.963 bits per heavy atom. The second-order valence-corrected chi connectivity index (χ2v) is 5.98. The summed E-state index contributed by atoms with van der Waals surface area (Å²) in [5.41, 5.74) is 3.13.